The van der Waals surface area contributed by atoms with Crippen LogP contribution in [0.3, 0.4) is 0 Å². The second kappa shape index (κ2) is 3.03. The summed E-state index contributed by atoms with van der Waals surface area (Å²) in [5, 5.41) is 8.76. The monoisotopic (exact) mass is 263 g/mol. The van der Waals surface area contributed by atoms with Gasteiger partial charge in [0.05, 0.1) is 5.56 Å². The van der Waals surface area contributed by atoms with Gasteiger partial charge in [-0.15, -0.1) is 4.13 Å². The molecule has 86 valence electrons. The molecule has 0 bridgehead atoms. The van der Waals surface area contributed by atoms with Gasteiger partial charge in [-0.2, -0.15) is 0 Å². The van der Waals surface area contributed by atoms with Crippen molar-refractivity contribution in [3.8, 4) is 0 Å². The average molecular weight is 263 g/mol. The quantitative estimate of drug-likeness (QED) is 0.696. The van der Waals surface area contributed by atoms with E-state index in [1.807, 2.05) is 0 Å². The van der Waals surface area contributed by atoms with Crippen molar-refractivity contribution in [1.82, 2.24) is 4.13 Å². The summed E-state index contributed by atoms with van der Waals surface area (Å²) >= 11 is 0. The van der Waals surface area contributed by atoms with Crippen LogP contribution in [0.1, 0.15) is 10.4 Å². The summed E-state index contributed by atoms with van der Waals surface area (Å²) < 4.78 is 47.0. The van der Waals surface area contributed by atoms with E-state index in [0.717, 1.165) is 12.1 Å². The summed E-state index contributed by atoms with van der Waals surface area (Å²) in [5.41, 5.74) is -0.564. The van der Waals surface area contributed by atoms with Crippen LogP contribution in [0.2, 0.25) is 0 Å². The van der Waals surface area contributed by atoms with Crippen LogP contribution in [0, 0.1) is 0 Å². The molecule has 16 heavy (non-hydrogen) atoms. The van der Waals surface area contributed by atoms with Crippen LogP contribution in [0.15, 0.2) is 28.0 Å². The minimum absolute atomic E-state index is 0.535. The molecule has 2 rings (SSSR count). The maximum atomic E-state index is 11.4. The van der Waals surface area contributed by atoms with Gasteiger partial charge in [0.25, 0.3) is 20.0 Å². The lowest BCUT2D eigenvalue weighted by molar-refractivity contribution is 0.0692. The normalized spacial score (nSPS) is 20.2. The summed E-state index contributed by atoms with van der Waals surface area (Å²) in [6, 6.07) is 3.23. The number of carboxylic acids is 1. The van der Waals surface area contributed by atoms with Gasteiger partial charge in [-0.1, -0.05) is 6.07 Å². The fourth-order valence-corrected chi connectivity index (χ4v) is 5.30. The Labute approximate surface area is 90.8 Å². The van der Waals surface area contributed by atoms with Crippen molar-refractivity contribution >= 4 is 26.0 Å². The highest BCUT2D eigenvalue weighted by atomic mass is 32.3. The molecular weight excluding hydrogens is 258 g/mol. The van der Waals surface area contributed by atoms with Gasteiger partial charge in [0, 0.05) is 0 Å². The number of rotatable bonds is 1. The molecule has 0 aromatic heterocycles. The van der Waals surface area contributed by atoms with E-state index in [-0.39, 0.29) is 0 Å². The third-order valence-electron chi connectivity index (χ3n) is 1.99. The number of sulfonamides is 2. The third-order valence-corrected chi connectivity index (χ3v) is 5.77. The minimum atomic E-state index is -4.31. The molecule has 1 aromatic carbocycles. The average Bonchev–Trinajstić information content (AvgIpc) is 2.33. The fourth-order valence-electron chi connectivity index (χ4n) is 1.40. The van der Waals surface area contributed by atoms with Crippen LogP contribution in [-0.4, -0.2) is 27.9 Å². The Morgan fingerprint density at radius 3 is 2.31 bits per heavy atom. The molecular formula is C7H5NO6S2. The zero-order chi connectivity index (χ0) is 12.1. The van der Waals surface area contributed by atoms with Gasteiger partial charge in [0.2, 0.25) is 0 Å². The standard InChI is InChI=1S/C7H5NO6S2/c9-7(10)4-2-1-3-5-6(4)16(13,14)8-15(5,11)12/h1-3,8H,(H,9,10). The van der Waals surface area contributed by atoms with Crippen molar-refractivity contribution in [2.75, 3.05) is 0 Å². The smallest absolute Gasteiger partial charge is 0.337 e. The van der Waals surface area contributed by atoms with Gasteiger partial charge < -0.3 is 5.11 Å². The van der Waals surface area contributed by atoms with E-state index in [0.29, 0.717) is 0 Å². The first kappa shape index (κ1) is 11.0. The Bertz CT molecular complexity index is 688. The van der Waals surface area contributed by atoms with E-state index < -0.39 is 41.4 Å². The molecule has 0 unspecified atom stereocenters. The molecule has 0 fully saturated rings. The van der Waals surface area contributed by atoms with E-state index in [2.05, 4.69) is 0 Å². The van der Waals surface area contributed by atoms with E-state index >= 15 is 0 Å². The maximum absolute atomic E-state index is 11.4. The van der Waals surface area contributed by atoms with Crippen molar-refractivity contribution in [2.45, 2.75) is 9.79 Å². The van der Waals surface area contributed by atoms with Gasteiger partial charge in [-0.25, -0.2) is 21.6 Å². The van der Waals surface area contributed by atoms with Crippen LogP contribution in [0.4, 0.5) is 0 Å². The summed E-state index contributed by atoms with van der Waals surface area (Å²) in [5.74, 6) is -1.50. The first-order valence-electron chi connectivity index (χ1n) is 3.90. The SMILES string of the molecule is O=C(O)c1cccc2c1S(=O)(=O)NS2(=O)=O. The molecule has 2 N–H and O–H groups in total. The van der Waals surface area contributed by atoms with Crippen LogP contribution < -0.4 is 4.13 Å². The molecule has 0 amide bonds. The Balaban J connectivity index is 2.98. The van der Waals surface area contributed by atoms with E-state index in [9.17, 15) is 21.6 Å². The number of nitrogens with one attached hydrogen (secondary N) is 1. The highest BCUT2D eigenvalue weighted by Gasteiger charge is 2.41. The predicted molar refractivity (Wildman–Crippen MR) is 50.9 cm³/mol. The number of fused-ring (bicyclic) bond motifs is 1. The van der Waals surface area contributed by atoms with Gasteiger partial charge in [0.15, 0.2) is 0 Å². The highest BCUT2D eigenvalue weighted by molar-refractivity contribution is 8.07. The first-order valence-corrected chi connectivity index (χ1v) is 6.87. The van der Waals surface area contributed by atoms with Crippen LogP contribution in [0.5, 0.6) is 0 Å². The Hall–Kier alpha value is -1.45. The predicted octanol–water partition coefficient (Wildman–Crippen LogP) is -0.635. The van der Waals surface area contributed by atoms with Crippen LogP contribution in [-0.2, 0) is 20.0 Å². The molecule has 9 heteroatoms. The molecule has 1 heterocycles. The molecule has 0 radical (unpaired) electrons. The lowest BCUT2D eigenvalue weighted by Gasteiger charge is -1.99. The zero-order valence-corrected chi connectivity index (χ0v) is 9.17. The Kier molecular flexibility index (Phi) is 2.09. The molecule has 1 aromatic rings. The summed E-state index contributed by atoms with van der Waals surface area (Å²) in [6.45, 7) is 0. The minimum Gasteiger partial charge on any atom is -0.478 e. The number of aromatic carboxylic acids is 1. The zero-order valence-electron chi connectivity index (χ0n) is 7.54. The Morgan fingerprint density at radius 1 is 1.12 bits per heavy atom. The number of carbonyl (C=O) groups is 1. The van der Waals surface area contributed by atoms with E-state index in [4.69, 9.17) is 5.11 Å². The number of carboxylic acid groups (broad SMARTS) is 1. The summed E-state index contributed by atoms with van der Waals surface area (Å²) in [7, 11) is -8.48. The Morgan fingerprint density at radius 2 is 1.75 bits per heavy atom. The van der Waals surface area contributed by atoms with Crippen molar-refractivity contribution in [2.24, 2.45) is 0 Å². The van der Waals surface area contributed by atoms with Crippen molar-refractivity contribution in [1.29, 1.82) is 0 Å². The van der Waals surface area contributed by atoms with Crippen molar-refractivity contribution < 1.29 is 26.7 Å². The lowest BCUT2D eigenvalue weighted by Crippen LogP contribution is -2.22. The van der Waals surface area contributed by atoms with Gasteiger partial charge in [-0.05, 0) is 12.1 Å². The first-order chi connectivity index (χ1) is 7.26. The number of hydrogen-bond acceptors (Lipinski definition) is 5. The molecule has 1 aliphatic heterocycles. The summed E-state index contributed by atoms with van der Waals surface area (Å²) in [6.07, 6.45) is 0. The van der Waals surface area contributed by atoms with Gasteiger partial charge >= 0.3 is 5.97 Å². The van der Waals surface area contributed by atoms with Crippen molar-refractivity contribution in [3.63, 3.8) is 0 Å². The molecule has 1 aliphatic rings. The second-order valence-electron chi connectivity index (χ2n) is 3.03. The number of hydrogen-bond donors (Lipinski definition) is 2. The molecule has 0 spiro atoms. The van der Waals surface area contributed by atoms with Crippen LogP contribution in [0.25, 0.3) is 0 Å². The largest absolute Gasteiger partial charge is 0.478 e. The highest BCUT2D eigenvalue weighted by Crippen LogP contribution is 2.31. The molecule has 7 nitrogen and oxygen atoms in total. The van der Waals surface area contributed by atoms with Gasteiger partial charge in [-0.3, -0.25) is 0 Å². The molecule has 0 saturated carbocycles. The lowest BCUT2D eigenvalue weighted by atomic mass is 10.2. The molecule has 0 aliphatic carbocycles. The summed E-state index contributed by atoms with van der Waals surface area (Å²) in [4.78, 5) is 9.53. The molecule has 0 atom stereocenters. The van der Waals surface area contributed by atoms with Crippen LogP contribution >= 0.6 is 0 Å². The molecule has 0 saturated heterocycles. The maximum Gasteiger partial charge on any atom is 0.337 e. The van der Waals surface area contributed by atoms with Crippen molar-refractivity contribution in [3.05, 3.63) is 23.8 Å². The van der Waals surface area contributed by atoms with E-state index in [1.54, 1.807) is 0 Å². The number of benzene rings is 1. The van der Waals surface area contributed by atoms with E-state index in [1.165, 1.54) is 10.2 Å². The third kappa shape index (κ3) is 1.40. The second-order valence-corrected chi connectivity index (χ2v) is 6.56. The topological polar surface area (TPSA) is 118 Å². The van der Waals surface area contributed by atoms with Gasteiger partial charge in [0.1, 0.15) is 9.79 Å². The fraction of sp³-hybridized carbons (Fsp3) is 0.